The van der Waals surface area contributed by atoms with Crippen LogP contribution in [0, 0.1) is 6.92 Å². The Labute approximate surface area is 89.5 Å². The monoisotopic (exact) mass is 204 g/mol. The maximum absolute atomic E-state index is 6.12. The smallest absolute Gasteiger partial charge is 0.0441 e. The molecule has 0 spiro atoms. The lowest BCUT2D eigenvalue weighted by molar-refractivity contribution is 1.16. The first-order valence-electron chi connectivity index (χ1n) is 4.90. The molecule has 0 nitrogen and oxygen atoms in total. The summed E-state index contributed by atoms with van der Waals surface area (Å²) < 4.78 is 0. The van der Waals surface area contributed by atoms with Crippen LogP contribution in [-0.2, 0) is 6.42 Å². The van der Waals surface area contributed by atoms with Crippen LogP contribution < -0.4 is 0 Å². The second-order valence-electron chi connectivity index (χ2n) is 3.54. The van der Waals surface area contributed by atoms with E-state index in [1.165, 1.54) is 21.9 Å². The van der Waals surface area contributed by atoms with Gasteiger partial charge >= 0.3 is 0 Å². The zero-order chi connectivity index (χ0) is 10.1. The Morgan fingerprint density at radius 3 is 2.64 bits per heavy atom. The van der Waals surface area contributed by atoms with E-state index in [4.69, 9.17) is 11.6 Å². The van der Waals surface area contributed by atoms with Crippen LogP contribution in [0.4, 0.5) is 0 Å². The van der Waals surface area contributed by atoms with Crippen LogP contribution >= 0.6 is 11.6 Å². The molecule has 0 aromatic heterocycles. The van der Waals surface area contributed by atoms with Crippen LogP contribution in [0.2, 0.25) is 5.02 Å². The quantitative estimate of drug-likeness (QED) is 0.648. The van der Waals surface area contributed by atoms with Crippen LogP contribution in [0.3, 0.4) is 0 Å². The normalized spacial score (nSPS) is 10.8. The van der Waals surface area contributed by atoms with Gasteiger partial charge in [-0.15, -0.1) is 0 Å². The molecule has 2 rings (SSSR count). The summed E-state index contributed by atoms with van der Waals surface area (Å²) in [6.07, 6.45) is 1.05. The minimum absolute atomic E-state index is 0.860. The number of aryl methyl sites for hydroxylation is 2. The summed E-state index contributed by atoms with van der Waals surface area (Å²) in [7, 11) is 0. The van der Waals surface area contributed by atoms with Crippen LogP contribution in [0.15, 0.2) is 30.3 Å². The Morgan fingerprint density at radius 2 is 1.93 bits per heavy atom. The minimum Gasteiger partial charge on any atom is -0.0840 e. The van der Waals surface area contributed by atoms with Gasteiger partial charge in [-0.3, -0.25) is 0 Å². The summed E-state index contributed by atoms with van der Waals surface area (Å²) in [6.45, 7) is 4.26. The molecule has 2 aromatic rings. The van der Waals surface area contributed by atoms with E-state index in [1.54, 1.807) is 0 Å². The second-order valence-corrected chi connectivity index (χ2v) is 3.95. The first-order valence-corrected chi connectivity index (χ1v) is 5.28. The third kappa shape index (κ3) is 1.40. The zero-order valence-electron chi connectivity index (χ0n) is 8.47. The maximum Gasteiger partial charge on any atom is 0.0441 e. The van der Waals surface area contributed by atoms with Crippen LogP contribution in [-0.4, -0.2) is 0 Å². The highest BCUT2D eigenvalue weighted by atomic mass is 35.5. The number of benzene rings is 2. The fraction of sp³-hybridized carbons (Fsp3) is 0.231. The number of hydrogen-bond donors (Lipinski definition) is 0. The van der Waals surface area contributed by atoms with Crippen molar-refractivity contribution in [3.8, 4) is 0 Å². The molecule has 0 atom stereocenters. The van der Waals surface area contributed by atoms with E-state index in [1.807, 2.05) is 6.07 Å². The molecule has 0 saturated heterocycles. The topological polar surface area (TPSA) is 0 Å². The lowest BCUT2D eigenvalue weighted by Crippen LogP contribution is -1.87. The highest BCUT2D eigenvalue weighted by Gasteiger charge is 2.04. The van der Waals surface area contributed by atoms with E-state index in [-0.39, 0.29) is 0 Å². The molecule has 0 aliphatic rings. The van der Waals surface area contributed by atoms with Gasteiger partial charge in [-0.1, -0.05) is 42.8 Å². The Hall–Kier alpha value is -1.01. The third-order valence-electron chi connectivity index (χ3n) is 2.71. The maximum atomic E-state index is 6.12. The summed E-state index contributed by atoms with van der Waals surface area (Å²) in [5, 5.41) is 3.46. The lowest BCUT2D eigenvalue weighted by atomic mass is 9.99. The van der Waals surface area contributed by atoms with Crippen molar-refractivity contribution in [1.82, 2.24) is 0 Å². The Balaban J connectivity index is 2.89. The average molecular weight is 205 g/mol. The van der Waals surface area contributed by atoms with E-state index in [0.29, 0.717) is 0 Å². The van der Waals surface area contributed by atoms with Gasteiger partial charge in [0.05, 0.1) is 0 Å². The molecule has 14 heavy (non-hydrogen) atoms. The minimum atomic E-state index is 0.860. The predicted octanol–water partition coefficient (Wildman–Crippen LogP) is 4.36. The third-order valence-corrected chi connectivity index (χ3v) is 3.12. The Morgan fingerprint density at radius 1 is 1.14 bits per heavy atom. The van der Waals surface area contributed by atoms with Crippen molar-refractivity contribution in [2.45, 2.75) is 20.3 Å². The van der Waals surface area contributed by atoms with Crippen molar-refractivity contribution < 1.29 is 0 Å². The largest absolute Gasteiger partial charge is 0.0840 e. The van der Waals surface area contributed by atoms with Gasteiger partial charge in [0.2, 0.25) is 0 Å². The van der Waals surface area contributed by atoms with E-state index in [0.717, 1.165) is 11.4 Å². The molecular formula is C13H13Cl. The molecule has 0 radical (unpaired) electrons. The number of halogens is 1. The first kappa shape index (κ1) is 9.54. The highest BCUT2D eigenvalue weighted by Crippen LogP contribution is 2.28. The van der Waals surface area contributed by atoms with E-state index in [9.17, 15) is 0 Å². The molecule has 0 unspecified atom stereocenters. The average Bonchev–Trinajstić information content (AvgIpc) is 2.23. The standard InChI is InChI=1S/C13H13Cl/c1-3-10-5-4-6-11-7-8-12(14)9(2)13(10)11/h4-8H,3H2,1-2H3. The van der Waals surface area contributed by atoms with Gasteiger partial charge in [0.15, 0.2) is 0 Å². The van der Waals surface area contributed by atoms with Crippen molar-refractivity contribution in [3.63, 3.8) is 0 Å². The molecule has 0 aliphatic carbocycles. The van der Waals surface area contributed by atoms with Gasteiger partial charge in [-0.25, -0.2) is 0 Å². The summed E-state index contributed by atoms with van der Waals surface area (Å²) >= 11 is 6.12. The van der Waals surface area contributed by atoms with Crippen LogP contribution in [0.5, 0.6) is 0 Å². The van der Waals surface area contributed by atoms with Crippen molar-refractivity contribution in [3.05, 3.63) is 46.5 Å². The summed E-state index contributed by atoms with van der Waals surface area (Å²) in [4.78, 5) is 0. The zero-order valence-corrected chi connectivity index (χ0v) is 9.23. The van der Waals surface area contributed by atoms with Gasteiger partial charge < -0.3 is 0 Å². The van der Waals surface area contributed by atoms with E-state index < -0.39 is 0 Å². The molecular weight excluding hydrogens is 192 g/mol. The van der Waals surface area contributed by atoms with Gasteiger partial charge in [0, 0.05) is 5.02 Å². The molecule has 1 heteroatoms. The first-order chi connectivity index (χ1) is 6.74. The predicted molar refractivity (Wildman–Crippen MR) is 63.1 cm³/mol. The second kappa shape index (κ2) is 3.62. The molecule has 0 heterocycles. The number of rotatable bonds is 1. The lowest BCUT2D eigenvalue weighted by Gasteiger charge is -2.08. The molecule has 2 aromatic carbocycles. The molecule has 0 saturated carbocycles. The highest BCUT2D eigenvalue weighted by molar-refractivity contribution is 6.32. The summed E-state index contributed by atoms with van der Waals surface area (Å²) in [5.41, 5.74) is 2.57. The van der Waals surface area contributed by atoms with Crippen LogP contribution in [0.1, 0.15) is 18.1 Å². The summed E-state index contributed by atoms with van der Waals surface area (Å²) in [5.74, 6) is 0. The van der Waals surface area contributed by atoms with Gasteiger partial charge in [0.25, 0.3) is 0 Å². The van der Waals surface area contributed by atoms with Crippen molar-refractivity contribution in [1.29, 1.82) is 0 Å². The SMILES string of the molecule is CCc1cccc2ccc(Cl)c(C)c12. The van der Waals surface area contributed by atoms with Gasteiger partial charge in [0.1, 0.15) is 0 Å². The van der Waals surface area contributed by atoms with Gasteiger partial charge in [-0.2, -0.15) is 0 Å². The molecule has 0 bridgehead atoms. The fourth-order valence-electron chi connectivity index (χ4n) is 1.92. The number of hydrogen-bond acceptors (Lipinski definition) is 0. The number of fused-ring (bicyclic) bond motifs is 1. The molecule has 0 N–H and O–H groups in total. The Bertz CT molecular complexity index is 472. The van der Waals surface area contributed by atoms with Gasteiger partial charge in [-0.05, 0) is 41.3 Å². The van der Waals surface area contributed by atoms with Crippen molar-refractivity contribution in [2.24, 2.45) is 0 Å². The van der Waals surface area contributed by atoms with E-state index >= 15 is 0 Å². The molecule has 72 valence electrons. The van der Waals surface area contributed by atoms with Crippen molar-refractivity contribution in [2.75, 3.05) is 0 Å². The van der Waals surface area contributed by atoms with Crippen LogP contribution in [0.25, 0.3) is 10.8 Å². The fourth-order valence-corrected chi connectivity index (χ4v) is 2.08. The van der Waals surface area contributed by atoms with Crippen molar-refractivity contribution >= 4 is 22.4 Å². The molecule has 0 aliphatic heterocycles. The molecule has 0 amide bonds. The molecule has 0 fully saturated rings. The van der Waals surface area contributed by atoms with E-state index in [2.05, 4.69) is 38.1 Å². The summed E-state index contributed by atoms with van der Waals surface area (Å²) in [6, 6.07) is 10.5. The Kier molecular flexibility index (Phi) is 2.47.